The van der Waals surface area contributed by atoms with E-state index < -0.39 is 55.3 Å². The number of carbonyl (C=O) groups is 3. The summed E-state index contributed by atoms with van der Waals surface area (Å²) < 4.78 is 15.1. The number of carbonyl (C=O) groups excluding carboxylic acids is 3. The summed E-state index contributed by atoms with van der Waals surface area (Å²) in [5.41, 5.74) is 0. The zero-order chi connectivity index (χ0) is 20.9. The Morgan fingerprint density at radius 3 is 2.64 bits per heavy atom. The predicted octanol–water partition coefficient (Wildman–Crippen LogP) is 1.77. The maximum Gasteiger partial charge on any atom is 0.330 e. The first kappa shape index (κ1) is 21.8. The molecule has 3 rings (SSSR count). The van der Waals surface area contributed by atoms with E-state index in [4.69, 9.17) is 39.5 Å². The first-order valence-electron chi connectivity index (χ1n) is 8.21. The number of amides is 2. The largest absolute Gasteiger partial charge is 0.460 e. The van der Waals surface area contributed by atoms with Crippen LogP contribution in [0.25, 0.3) is 0 Å². The van der Waals surface area contributed by atoms with Crippen LogP contribution in [-0.2, 0) is 36.3 Å². The van der Waals surface area contributed by atoms with Crippen molar-refractivity contribution in [3.8, 4) is 0 Å². The standard InChI is InChI=1S/C16H17Cl3N2O5S2/c1-15(2)11(14(24)26-7-16(17,18)19)21-12(23)10(13(21)28(15)25)20-9(22)6-8-4-3-5-27-8/h3-5,10-11,13H,6-7H2,1-2H3,(H,20,22)/t10?,11?,13-,28?/m0/s1. The van der Waals surface area contributed by atoms with Gasteiger partial charge in [0.25, 0.3) is 0 Å². The van der Waals surface area contributed by atoms with E-state index in [1.165, 1.54) is 16.2 Å². The molecular formula is C16H17Cl3N2O5S2. The Hall–Kier alpha value is -0.870. The summed E-state index contributed by atoms with van der Waals surface area (Å²) in [6.07, 6.45) is 0.124. The second kappa shape index (κ2) is 7.75. The molecule has 2 saturated heterocycles. The van der Waals surface area contributed by atoms with Gasteiger partial charge in [-0.2, -0.15) is 0 Å². The lowest BCUT2D eigenvalue weighted by molar-refractivity contribution is -0.164. The average molecular weight is 488 g/mol. The Balaban J connectivity index is 1.71. The SMILES string of the molecule is CC1(C)C(C(=O)OCC(Cl)(Cl)Cl)N2C(=O)C(NC(=O)Cc3cccs3)[C@@H]2S1=O. The van der Waals surface area contributed by atoms with E-state index >= 15 is 0 Å². The summed E-state index contributed by atoms with van der Waals surface area (Å²) in [6.45, 7) is 2.70. The fraction of sp³-hybridized carbons (Fsp3) is 0.562. The minimum Gasteiger partial charge on any atom is -0.460 e. The van der Waals surface area contributed by atoms with Crippen LogP contribution in [0.1, 0.15) is 18.7 Å². The normalized spacial score (nSPS) is 28.5. The fourth-order valence-corrected chi connectivity index (χ4v) is 6.08. The van der Waals surface area contributed by atoms with Crippen LogP contribution >= 0.6 is 46.1 Å². The number of hydrogen-bond donors (Lipinski definition) is 1. The lowest BCUT2D eigenvalue weighted by Gasteiger charge is -2.43. The van der Waals surface area contributed by atoms with Crippen molar-refractivity contribution in [3.63, 3.8) is 0 Å². The molecule has 1 N–H and O–H groups in total. The van der Waals surface area contributed by atoms with Gasteiger partial charge >= 0.3 is 5.97 Å². The Morgan fingerprint density at radius 2 is 2.07 bits per heavy atom. The number of fused-ring (bicyclic) bond motifs is 1. The van der Waals surface area contributed by atoms with Gasteiger partial charge < -0.3 is 15.0 Å². The molecule has 1 aromatic rings. The smallest absolute Gasteiger partial charge is 0.330 e. The van der Waals surface area contributed by atoms with E-state index in [2.05, 4.69) is 5.32 Å². The number of nitrogens with one attached hydrogen (secondary N) is 1. The van der Waals surface area contributed by atoms with Crippen molar-refractivity contribution in [2.75, 3.05) is 6.61 Å². The molecule has 0 saturated carbocycles. The summed E-state index contributed by atoms with van der Waals surface area (Å²) >= 11 is 18.2. The molecule has 4 atom stereocenters. The van der Waals surface area contributed by atoms with Gasteiger partial charge in [-0.15, -0.1) is 11.3 Å². The minimum absolute atomic E-state index is 0.124. The minimum atomic E-state index is -1.80. The highest BCUT2D eigenvalue weighted by Crippen LogP contribution is 2.44. The number of halogens is 3. The fourth-order valence-electron chi connectivity index (χ4n) is 3.30. The van der Waals surface area contributed by atoms with E-state index in [0.29, 0.717) is 0 Å². The lowest BCUT2D eigenvalue weighted by atomic mass is 9.96. The average Bonchev–Trinajstić information content (AvgIpc) is 3.15. The number of hydrogen-bond acceptors (Lipinski definition) is 6. The second-order valence-electron chi connectivity index (χ2n) is 6.96. The van der Waals surface area contributed by atoms with Crippen molar-refractivity contribution in [2.45, 2.75) is 46.3 Å². The van der Waals surface area contributed by atoms with Crippen molar-refractivity contribution < 1.29 is 23.3 Å². The van der Waals surface area contributed by atoms with E-state index in [0.717, 1.165) is 4.88 Å². The van der Waals surface area contributed by atoms with Crippen molar-refractivity contribution in [2.24, 2.45) is 0 Å². The van der Waals surface area contributed by atoms with Crippen molar-refractivity contribution in [1.82, 2.24) is 10.2 Å². The number of ether oxygens (including phenoxy) is 1. The van der Waals surface area contributed by atoms with Gasteiger partial charge in [-0.25, -0.2) is 4.79 Å². The molecule has 0 bridgehead atoms. The molecule has 0 aliphatic carbocycles. The van der Waals surface area contributed by atoms with Crippen LogP contribution in [0, 0.1) is 0 Å². The molecule has 0 spiro atoms. The molecule has 0 aromatic carbocycles. The first-order valence-corrected chi connectivity index (χ1v) is 11.4. The molecule has 7 nitrogen and oxygen atoms in total. The van der Waals surface area contributed by atoms with Gasteiger partial charge in [-0.3, -0.25) is 13.8 Å². The summed E-state index contributed by atoms with van der Waals surface area (Å²) in [4.78, 5) is 39.4. The van der Waals surface area contributed by atoms with Crippen molar-refractivity contribution in [3.05, 3.63) is 22.4 Å². The Morgan fingerprint density at radius 1 is 1.39 bits per heavy atom. The number of esters is 1. The molecule has 1 aromatic heterocycles. The quantitative estimate of drug-likeness (QED) is 0.388. The third kappa shape index (κ3) is 4.05. The molecule has 3 heterocycles. The maximum atomic E-state index is 12.9. The van der Waals surface area contributed by atoms with Crippen LogP contribution in [0.5, 0.6) is 0 Å². The number of nitrogens with zero attached hydrogens (tertiary/aromatic N) is 1. The second-order valence-corrected chi connectivity index (χ2v) is 12.6. The highest BCUT2D eigenvalue weighted by Gasteiger charge is 2.68. The van der Waals surface area contributed by atoms with Gasteiger partial charge in [-0.05, 0) is 25.3 Å². The Kier molecular flexibility index (Phi) is 6.05. The molecule has 2 amide bonds. The lowest BCUT2D eigenvalue weighted by Crippen LogP contribution is -2.71. The molecule has 28 heavy (non-hydrogen) atoms. The van der Waals surface area contributed by atoms with Crippen LogP contribution in [-0.4, -0.2) is 59.5 Å². The number of β-lactam (4-membered cyclic amide) rings is 1. The molecule has 2 aliphatic heterocycles. The predicted molar refractivity (Wildman–Crippen MR) is 108 cm³/mol. The third-order valence-electron chi connectivity index (χ3n) is 4.59. The summed E-state index contributed by atoms with van der Waals surface area (Å²) in [6, 6.07) is 1.60. The molecular weight excluding hydrogens is 471 g/mol. The van der Waals surface area contributed by atoms with Crippen LogP contribution in [0.2, 0.25) is 0 Å². The number of thiophene rings is 1. The van der Waals surface area contributed by atoms with Crippen LogP contribution in [0.4, 0.5) is 0 Å². The van der Waals surface area contributed by atoms with Crippen LogP contribution < -0.4 is 5.32 Å². The third-order valence-corrected chi connectivity index (χ3v) is 7.99. The van der Waals surface area contributed by atoms with Gasteiger partial charge in [0.1, 0.15) is 24.1 Å². The molecule has 2 aliphatic rings. The topological polar surface area (TPSA) is 92.8 Å². The molecule has 12 heteroatoms. The monoisotopic (exact) mass is 486 g/mol. The van der Waals surface area contributed by atoms with Gasteiger partial charge in [0, 0.05) is 4.88 Å². The van der Waals surface area contributed by atoms with Gasteiger partial charge in [-0.1, -0.05) is 40.9 Å². The van der Waals surface area contributed by atoms with Crippen LogP contribution in [0.15, 0.2) is 17.5 Å². The van der Waals surface area contributed by atoms with E-state index in [1.807, 2.05) is 17.5 Å². The highest BCUT2D eigenvalue weighted by molar-refractivity contribution is 7.87. The summed E-state index contributed by atoms with van der Waals surface area (Å²) in [5, 5.41) is 3.67. The molecule has 3 unspecified atom stereocenters. The molecule has 154 valence electrons. The number of alkyl halides is 3. The Labute approximate surface area is 183 Å². The van der Waals surface area contributed by atoms with E-state index in [-0.39, 0.29) is 12.3 Å². The van der Waals surface area contributed by atoms with Crippen molar-refractivity contribution in [1.29, 1.82) is 0 Å². The number of rotatable bonds is 5. The zero-order valence-electron chi connectivity index (χ0n) is 14.8. The Bertz CT molecular complexity index is 825. The molecule has 2 fully saturated rings. The maximum absolute atomic E-state index is 12.9. The molecule has 0 radical (unpaired) electrons. The van der Waals surface area contributed by atoms with Crippen LogP contribution in [0.3, 0.4) is 0 Å². The van der Waals surface area contributed by atoms with Crippen molar-refractivity contribution >= 4 is 74.7 Å². The van der Waals surface area contributed by atoms with E-state index in [9.17, 15) is 18.6 Å². The van der Waals surface area contributed by atoms with Gasteiger partial charge in [0.15, 0.2) is 0 Å². The van der Waals surface area contributed by atoms with E-state index in [1.54, 1.807) is 13.8 Å². The zero-order valence-corrected chi connectivity index (χ0v) is 18.7. The van der Waals surface area contributed by atoms with Gasteiger partial charge in [0.05, 0.1) is 22.0 Å². The highest BCUT2D eigenvalue weighted by atomic mass is 35.6. The van der Waals surface area contributed by atoms with Gasteiger partial charge in [0.2, 0.25) is 15.6 Å². The summed E-state index contributed by atoms with van der Waals surface area (Å²) in [7, 11) is -1.61. The summed E-state index contributed by atoms with van der Waals surface area (Å²) in [5.74, 6) is -1.64. The first-order chi connectivity index (χ1) is 12.9.